The molecule has 2 aliphatic heterocycles. The van der Waals surface area contributed by atoms with E-state index in [4.69, 9.17) is 0 Å². The molecule has 318 valence electrons. The molecule has 0 radical (unpaired) electrons. The number of rotatable bonds is 5. The van der Waals surface area contributed by atoms with E-state index in [0.717, 1.165) is 11.4 Å². The maximum absolute atomic E-state index is 2.56. The Labute approximate surface area is 401 Å². The van der Waals surface area contributed by atoms with Crippen LogP contribution in [0.2, 0.25) is 0 Å². The summed E-state index contributed by atoms with van der Waals surface area (Å²) >= 11 is 0. The molecule has 2 aliphatic rings. The highest BCUT2D eigenvalue weighted by atomic mass is 15.2. The van der Waals surface area contributed by atoms with E-state index in [9.17, 15) is 0 Å². The van der Waals surface area contributed by atoms with Crippen LogP contribution in [0, 0.1) is 0 Å². The van der Waals surface area contributed by atoms with Crippen LogP contribution in [0.4, 0.5) is 34.1 Å². The first-order chi connectivity index (χ1) is 34.2. The van der Waals surface area contributed by atoms with Crippen LogP contribution >= 0.6 is 0 Å². The van der Waals surface area contributed by atoms with Gasteiger partial charge in [0.1, 0.15) is 0 Å². The summed E-state index contributed by atoms with van der Waals surface area (Å²) < 4.78 is 0. The largest absolute Gasteiger partial charge is 0.311 e. The van der Waals surface area contributed by atoms with E-state index in [1.165, 1.54) is 126 Å². The minimum Gasteiger partial charge on any atom is -0.311 e. The summed E-state index contributed by atoms with van der Waals surface area (Å²) in [6.07, 6.45) is 0. The second-order valence-electron chi connectivity index (χ2n) is 18.8. The molecule has 0 bridgehead atoms. The SMILES string of the molecule is c1ccc(-c2ccc(N3c4cc(-c5cc6ccc7cccc8ccc(c5)c6c78)cc5c4B(c4c3ccc3ccccc43)c3c(ccc4ccccc34)N5c3ccc(-c4ccccc4)cc3)cc2)cc1. The van der Waals surface area contributed by atoms with Crippen molar-refractivity contribution in [2.75, 3.05) is 9.80 Å². The third kappa shape index (κ3) is 5.74. The Morgan fingerprint density at radius 3 is 1.10 bits per heavy atom. The van der Waals surface area contributed by atoms with Gasteiger partial charge in [0, 0.05) is 34.1 Å². The minimum absolute atomic E-state index is 0.0589. The Morgan fingerprint density at radius 1 is 0.232 bits per heavy atom. The zero-order valence-electron chi connectivity index (χ0n) is 37.6. The standard InChI is InChI=1S/C66H41BN2/c1-3-12-42(13-4-1)44-26-32-54(33-27-44)68-58-36-30-46-16-7-9-20-56(46)64(58)67-65-57-21-10-8-17-47(57)31-37-59(65)69(55-34-28-45(29-35-55)43-14-5-2-6-15-43)61-41-53(40-60(68)66(61)67)52-38-50-24-22-48-18-11-19-49-23-25-51(39-52)63(50)62(48)49/h1-41H. The smallest absolute Gasteiger partial charge is 0.253 e. The van der Waals surface area contributed by atoms with E-state index >= 15 is 0 Å². The summed E-state index contributed by atoms with van der Waals surface area (Å²) in [7, 11) is 0. The lowest BCUT2D eigenvalue weighted by Gasteiger charge is -2.45. The molecule has 0 amide bonds. The fourth-order valence-corrected chi connectivity index (χ4v) is 12.1. The van der Waals surface area contributed by atoms with Gasteiger partial charge in [-0.05, 0) is 164 Å². The van der Waals surface area contributed by atoms with Crippen molar-refractivity contribution in [3.8, 4) is 33.4 Å². The lowest BCUT2D eigenvalue weighted by atomic mass is 9.32. The molecule has 0 unspecified atom stereocenters. The van der Waals surface area contributed by atoms with Gasteiger partial charge in [-0.15, -0.1) is 0 Å². The Bertz CT molecular complexity index is 3920. The molecule has 15 rings (SSSR count). The maximum Gasteiger partial charge on any atom is 0.253 e. The van der Waals surface area contributed by atoms with Crippen molar-refractivity contribution in [3.05, 3.63) is 249 Å². The molecular formula is C66H41BN2. The molecule has 0 fully saturated rings. The second kappa shape index (κ2) is 14.8. The zero-order valence-corrected chi connectivity index (χ0v) is 37.6. The second-order valence-corrected chi connectivity index (χ2v) is 18.8. The van der Waals surface area contributed by atoms with E-state index in [2.05, 4.69) is 259 Å². The number of fused-ring (bicyclic) bond motifs is 8. The Hall–Kier alpha value is -8.92. The van der Waals surface area contributed by atoms with Gasteiger partial charge in [0.05, 0.1) is 0 Å². The highest BCUT2D eigenvalue weighted by molar-refractivity contribution is 7.03. The lowest BCUT2D eigenvalue weighted by Crippen LogP contribution is -2.61. The molecule has 3 heteroatoms. The molecule has 13 aromatic carbocycles. The van der Waals surface area contributed by atoms with Crippen LogP contribution in [0.1, 0.15) is 0 Å². The van der Waals surface area contributed by atoms with Gasteiger partial charge < -0.3 is 9.80 Å². The number of benzene rings is 13. The van der Waals surface area contributed by atoms with Crippen molar-refractivity contribution in [1.82, 2.24) is 0 Å². The summed E-state index contributed by atoms with van der Waals surface area (Å²) in [5.74, 6) is 0. The monoisotopic (exact) mass is 872 g/mol. The first kappa shape index (κ1) is 38.2. The van der Waals surface area contributed by atoms with Gasteiger partial charge in [-0.1, -0.05) is 188 Å². The molecule has 0 saturated carbocycles. The number of nitrogens with zero attached hydrogens (tertiary/aromatic N) is 2. The normalized spacial score (nSPS) is 12.8. The Balaban J connectivity index is 1.05. The molecule has 13 aromatic rings. The molecule has 0 N–H and O–H groups in total. The van der Waals surface area contributed by atoms with Crippen LogP contribution in [0.25, 0.3) is 87.2 Å². The molecule has 0 aromatic heterocycles. The summed E-state index contributed by atoms with van der Waals surface area (Å²) in [6, 6.07) is 92.9. The van der Waals surface area contributed by atoms with Crippen molar-refractivity contribution in [2.45, 2.75) is 0 Å². The van der Waals surface area contributed by atoms with Crippen LogP contribution in [-0.2, 0) is 0 Å². The first-order valence-corrected chi connectivity index (χ1v) is 24.0. The van der Waals surface area contributed by atoms with Gasteiger partial charge >= 0.3 is 0 Å². The summed E-state index contributed by atoms with van der Waals surface area (Å²) in [5, 5.41) is 12.8. The van der Waals surface area contributed by atoms with E-state index < -0.39 is 0 Å². The minimum atomic E-state index is -0.0589. The first-order valence-electron chi connectivity index (χ1n) is 24.0. The van der Waals surface area contributed by atoms with Crippen LogP contribution in [0.3, 0.4) is 0 Å². The molecule has 2 heterocycles. The highest BCUT2D eigenvalue weighted by Gasteiger charge is 2.45. The zero-order chi connectivity index (χ0) is 45.2. The molecule has 69 heavy (non-hydrogen) atoms. The molecule has 0 atom stereocenters. The molecule has 2 nitrogen and oxygen atoms in total. The van der Waals surface area contributed by atoms with Crippen LogP contribution < -0.4 is 26.2 Å². The summed E-state index contributed by atoms with van der Waals surface area (Å²) in [5.41, 5.74) is 18.2. The molecule has 0 aliphatic carbocycles. The van der Waals surface area contributed by atoms with E-state index in [-0.39, 0.29) is 6.71 Å². The van der Waals surface area contributed by atoms with Crippen LogP contribution in [-0.4, -0.2) is 6.71 Å². The fraction of sp³-hybridized carbons (Fsp3) is 0. The molecule has 0 saturated heterocycles. The van der Waals surface area contributed by atoms with Crippen LogP contribution in [0.15, 0.2) is 249 Å². The van der Waals surface area contributed by atoms with Crippen LogP contribution in [0.5, 0.6) is 0 Å². The molecular weight excluding hydrogens is 832 g/mol. The quantitative estimate of drug-likeness (QED) is 0.126. The average molecular weight is 873 g/mol. The van der Waals surface area contributed by atoms with Gasteiger partial charge in [0.15, 0.2) is 0 Å². The van der Waals surface area contributed by atoms with E-state index in [1.807, 2.05) is 0 Å². The predicted molar refractivity (Wildman–Crippen MR) is 295 cm³/mol. The molecule has 0 spiro atoms. The number of hydrogen-bond donors (Lipinski definition) is 0. The third-order valence-electron chi connectivity index (χ3n) is 15.1. The van der Waals surface area contributed by atoms with Crippen molar-refractivity contribution >= 4 is 111 Å². The van der Waals surface area contributed by atoms with Gasteiger partial charge in [0.25, 0.3) is 6.71 Å². The number of anilines is 6. The van der Waals surface area contributed by atoms with Crippen molar-refractivity contribution in [2.24, 2.45) is 0 Å². The average Bonchev–Trinajstić information content (AvgIpc) is 3.42. The van der Waals surface area contributed by atoms with E-state index in [0.29, 0.717) is 0 Å². The Kier molecular flexibility index (Phi) is 8.19. The highest BCUT2D eigenvalue weighted by Crippen LogP contribution is 2.49. The fourth-order valence-electron chi connectivity index (χ4n) is 12.1. The summed E-state index contributed by atoms with van der Waals surface area (Å²) in [6.45, 7) is -0.0589. The third-order valence-corrected chi connectivity index (χ3v) is 15.1. The Morgan fingerprint density at radius 2 is 0.609 bits per heavy atom. The van der Waals surface area contributed by atoms with Crippen molar-refractivity contribution in [3.63, 3.8) is 0 Å². The van der Waals surface area contributed by atoms with Gasteiger partial charge in [-0.2, -0.15) is 0 Å². The van der Waals surface area contributed by atoms with Crippen molar-refractivity contribution < 1.29 is 0 Å². The lowest BCUT2D eigenvalue weighted by molar-refractivity contribution is 1.26. The van der Waals surface area contributed by atoms with E-state index in [1.54, 1.807) is 0 Å². The maximum atomic E-state index is 2.56. The summed E-state index contributed by atoms with van der Waals surface area (Å²) in [4.78, 5) is 5.12. The number of hydrogen-bond acceptors (Lipinski definition) is 2. The van der Waals surface area contributed by atoms with Gasteiger partial charge in [-0.25, -0.2) is 0 Å². The van der Waals surface area contributed by atoms with Crippen molar-refractivity contribution in [1.29, 1.82) is 0 Å². The van der Waals surface area contributed by atoms with Gasteiger partial charge in [-0.3, -0.25) is 0 Å². The van der Waals surface area contributed by atoms with Gasteiger partial charge in [0.2, 0.25) is 0 Å². The topological polar surface area (TPSA) is 6.48 Å². The predicted octanol–water partition coefficient (Wildman–Crippen LogP) is 16.0.